The first-order valence-electron chi connectivity index (χ1n) is 8.42. The quantitative estimate of drug-likeness (QED) is 0.587. The molecule has 0 aromatic carbocycles. The Hall–Kier alpha value is -3.08. The molecule has 0 bridgehead atoms. The Morgan fingerprint density at radius 1 is 1.04 bits per heavy atom. The second kappa shape index (κ2) is 8.15. The van der Waals surface area contributed by atoms with Gasteiger partial charge in [-0.15, -0.1) is 0 Å². The maximum atomic E-state index is 4.62. The first-order chi connectivity index (χ1) is 12.3. The van der Waals surface area contributed by atoms with Gasteiger partial charge >= 0.3 is 0 Å². The van der Waals surface area contributed by atoms with Gasteiger partial charge in [0.15, 0.2) is 0 Å². The van der Waals surface area contributed by atoms with Crippen molar-refractivity contribution in [1.29, 1.82) is 0 Å². The molecule has 0 aliphatic carbocycles. The van der Waals surface area contributed by atoms with Crippen molar-refractivity contribution in [1.82, 2.24) is 15.0 Å². The molecule has 3 rings (SSSR count). The van der Waals surface area contributed by atoms with Crippen LogP contribution in [0, 0.1) is 0 Å². The summed E-state index contributed by atoms with van der Waals surface area (Å²) in [7, 11) is 0. The van der Waals surface area contributed by atoms with Gasteiger partial charge in [-0.05, 0) is 43.2 Å². The van der Waals surface area contributed by atoms with Crippen molar-refractivity contribution in [2.75, 3.05) is 0 Å². The molecule has 0 radical (unpaired) electrons. The average molecular weight is 331 g/mol. The molecule has 0 spiro atoms. The first kappa shape index (κ1) is 16.8. The van der Waals surface area contributed by atoms with E-state index in [2.05, 4.69) is 33.6 Å². The van der Waals surface area contributed by atoms with Crippen molar-refractivity contribution >= 4 is 17.6 Å². The zero-order valence-electron chi connectivity index (χ0n) is 14.3. The predicted molar refractivity (Wildman–Crippen MR) is 102 cm³/mol. The topological polar surface area (TPSA) is 53.7 Å². The van der Waals surface area contributed by atoms with Gasteiger partial charge in [-0.25, -0.2) is 10.0 Å². The lowest BCUT2D eigenvalue weighted by atomic mass is 10.1. The Balaban J connectivity index is 1.98. The highest BCUT2D eigenvalue weighted by atomic mass is 15.5. The molecule has 0 saturated heterocycles. The average Bonchev–Trinajstić information content (AvgIpc) is 2.67. The highest BCUT2D eigenvalue weighted by Gasteiger charge is 2.20. The smallest absolute Gasteiger partial charge is 0.147 e. The Morgan fingerprint density at radius 2 is 1.68 bits per heavy atom. The minimum Gasteiger partial charge on any atom is -0.265 e. The minimum atomic E-state index is 0.592. The molecule has 5 nitrogen and oxygen atoms in total. The number of aromatic nitrogens is 2. The van der Waals surface area contributed by atoms with E-state index in [9.17, 15) is 0 Å². The minimum absolute atomic E-state index is 0.592. The fourth-order valence-electron chi connectivity index (χ4n) is 2.51. The van der Waals surface area contributed by atoms with Crippen molar-refractivity contribution in [3.63, 3.8) is 0 Å². The fraction of sp³-hybridized carbons (Fsp3) is 0.200. The molecule has 2 aromatic heterocycles. The third kappa shape index (κ3) is 4.07. The molecular weight excluding hydrogens is 310 g/mol. The summed E-state index contributed by atoms with van der Waals surface area (Å²) in [6, 6.07) is 7.80. The molecule has 1 aliphatic rings. The molecule has 0 atom stereocenters. The van der Waals surface area contributed by atoms with Crippen molar-refractivity contribution in [3.05, 3.63) is 78.7 Å². The molecule has 0 N–H and O–H groups in total. The van der Waals surface area contributed by atoms with Gasteiger partial charge in [-0.3, -0.25) is 9.97 Å². The standard InChI is InChI=1S/C20H21N5/c1-3-4-5-10-23-25-16(2)24-19(17-6-11-21-12-7-17)15-20(25)18-8-13-22-14-9-18/h6-15H,2-5H2,1H3/b23-10-. The molecular formula is C20H21N5. The van der Waals surface area contributed by atoms with E-state index in [1.54, 1.807) is 29.8 Å². The van der Waals surface area contributed by atoms with Gasteiger partial charge in [0.2, 0.25) is 0 Å². The lowest BCUT2D eigenvalue weighted by Gasteiger charge is -2.26. The second-order valence-corrected chi connectivity index (χ2v) is 5.67. The second-order valence-electron chi connectivity index (χ2n) is 5.67. The van der Waals surface area contributed by atoms with E-state index >= 15 is 0 Å². The summed E-state index contributed by atoms with van der Waals surface area (Å²) in [5, 5.41) is 6.38. The van der Waals surface area contributed by atoms with Crippen molar-refractivity contribution in [3.8, 4) is 0 Å². The van der Waals surface area contributed by atoms with Crippen LogP contribution < -0.4 is 0 Å². The largest absolute Gasteiger partial charge is 0.265 e. The van der Waals surface area contributed by atoms with Crippen LogP contribution in [0.15, 0.2) is 77.6 Å². The van der Waals surface area contributed by atoms with Gasteiger partial charge in [0.1, 0.15) is 5.82 Å². The van der Waals surface area contributed by atoms with Gasteiger partial charge in [0, 0.05) is 42.1 Å². The van der Waals surface area contributed by atoms with E-state index in [4.69, 9.17) is 0 Å². The molecule has 0 amide bonds. The summed E-state index contributed by atoms with van der Waals surface area (Å²) in [5.74, 6) is 0.592. The van der Waals surface area contributed by atoms with Crippen LogP contribution >= 0.6 is 0 Å². The molecule has 126 valence electrons. The monoisotopic (exact) mass is 331 g/mol. The van der Waals surface area contributed by atoms with E-state index in [0.29, 0.717) is 5.82 Å². The number of hydrogen-bond acceptors (Lipinski definition) is 5. The molecule has 5 heteroatoms. The molecule has 1 aliphatic heterocycles. The van der Waals surface area contributed by atoms with E-state index < -0.39 is 0 Å². The van der Waals surface area contributed by atoms with Crippen LogP contribution in [0.25, 0.3) is 5.70 Å². The van der Waals surface area contributed by atoms with Crippen LogP contribution in [0.4, 0.5) is 0 Å². The van der Waals surface area contributed by atoms with E-state index in [1.165, 1.54) is 0 Å². The molecule has 0 unspecified atom stereocenters. The maximum Gasteiger partial charge on any atom is 0.147 e. The van der Waals surface area contributed by atoms with Gasteiger partial charge in [0.05, 0.1) is 11.4 Å². The summed E-state index contributed by atoms with van der Waals surface area (Å²) in [6.45, 7) is 6.27. The Morgan fingerprint density at radius 3 is 2.32 bits per heavy atom. The number of allylic oxidation sites excluding steroid dienone is 1. The van der Waals surface area contributed by atoms with Crippen molar-refractivity contribution in [2.45, 2.75) is 26.2 Å². The highest BCUT2D eigenvalue weighted by molar-refractivity contribution is 6.13. The van der Waals surface area contributed by atoms with Gasteiger partial charge in [-0.2, -0.15) is 5.10 Å². The number of aliphatic imine (C=N–C) groups is 1. The maximum absolute atomic E-state index is 4.62. The van der Waals surface area contributed by atoms with Crippen molar-refractivity contribution in [2.24, 2.45) is 10.1 Å². The number of unbranched alkanes of at least 4 members (excludes halogenated alkanes) is 2. The van der Waals surface area contributed by atoms with Crippen LogP contribution in [-0.4, -0.2) is 26.9 Å². The predicted octanol–water partition coefficient (Wildman–Crippen LogP) is 4.27. The first-order valence-corrected chi connectivity index (χ1v) is 8.42. The summed E-state index contributed by atoms with van der Waals surface area (Å²) in [6.07, 6.45) is 14.2. The van der Waals surface area contributed by atoms with Crippen molar-refractivity contribution < 1.29 is 0 Å². The SMILES string of the molecule is C=C1N=C(c2ccncc2)C=C(c2ccncc2)N1/N=C\CCCC. The van der Waals surface area contributed by atoms with E-state index in [1.807, 2.05) is 36.6 Å². The highest BCUT2D eigenvalue weighted by Crippen LogP contribution is 2.28. The zero-order valence-corrected chi connectivity index (χ0v) is 14.3. The summed E-state index contributed by atoms with van der Waals surface area (Å²) >= 11 is 0. The number of hydrazone groups is 1. The lowest BCUT2D eigenvalue weighted by Crippen LogP contribution is -2.20. The van der Waals surface area contributed by atoms with E-state index in [0.717, 1.165) is 41.8 Å². The summed E-state index contributed by atoms with van der Waals surface area (Å²) in [4.78, 5) is 12.8. The van der Waals surface area contributed by atoms with Gasteiger partial charge in [0.25, 0.3) is 0 Å². The number of nitrogens with zero attached hydrogens (tertiary/aromatic N) is 5. The van der Waals surface area contributed by atoms with Crippen LogP contribution in [0.5, 0.6) is 0 Å². The van der Waals surface area contributed by atoms with E-state index in [-0.39, 0.29) is 0 Å². The molecule has 3 heterocycles. The summed E-state index contributed by atoms with van der Waals surface area (Å²) in [5.41, 5.74) is 3.80. The Bertz CT molecular complexity index is 806. The normalized spacial score (nSPS) is 14.6. The van der Waals surface area contributed by atoms with Crippen LogP contribution in [0.1, 0.15) is 37.3 Å². The Kier molecular flexibility index (Phi) is 5.46. The fourth-order valence-corrected chi connectivity index (χ4v) is 2.51. The van der Waals surface area contributed by atoms with Gasteiger partial charge < -0.3 is 0 Å². The number of rotatable bonds is 6. The third-order valence-corrected chi connectivity index (χ3v) is 3.83. The summed E-state index contributed by atoms with van der Waals surface area (Å²) < 4.78 is 0. The third-order valence-electron chi connectivity index (χ3n) is 3.83. The molecule has 0 fully saturated rings. The van der Waals surface area contributed by atoms with Gasteiger partial charge in [-0.1, -0.05) is 19.9 Å². The number of pyridine rings is 2. The Labute approximate surface area is 148 Å². The van der Waals surface area contributed by atoms with Crippen LogP contribution in [-0.2, 0) is 0 Å². The number of hydrogen-bond donors (Lipinski definition) is 0. The zero-order chi connectivity index (χ0) is 17.5. The molecule has 0 saturated carbocycles. The molecule has 25 heavy (non-hydrogen) atoms. The lowest BCUT2D eigenvalue weighted by molar-refractivity contribution is 0.517. The van der Waals surface area contributed by atoms with Crippen LogP contribution in [0.2, 0.25) is 0 Å². The molecule has 2 aromatic rings. The van der Waals surface area contributed by atoms with Crippen LogP contribution in [0.3, 0.4) is 0 Å².